The van der Waals surface area contributed by atoms with E-state index < -0.39 is 0 Å². The molecule has 0 aliphatic heterocycles. The number of benzene rings is 1. The van der Waals surface area contributed by atoms with Gasteiger partial charge < -0.3 is 14.8 Å². The second-order valence-corrected chi connectivity index (χ2v) is 5.56. The zero-order valence-electron chi connectivity index (χ0n) is 11.8. The molecule has 1 N–H and O–H groups in total. The SMILES string of the molecule is COCCOCCCNC(C)Cc1ccc(Br)cc1. The Hall–Kier alpha value is -0.420. The number of rotatable bonds is 10. The lowest BCUT2D eigenvalue weighted by Gasteiger charge is -2.14. The predicted octanol–water partition coefficient (Wildman–Crippen LogP) is 3.02. The number of halogens is 1. The Labute approximate surface area is 124 Å². The van der Waals surface area contributed by atoms with Crippen molar-refractivity contribution < 1.29 is 9.47 Å². The monoisotopic (exact) mass is 329 g/mol. The Bertz CT molecular complexity index is 329. The van der Waals surface area contributed by atoms with Crippen LogP contribution in [0.15, 0.2) is 28.7 Å². The predicted molar refractivity (Wildman–Crippen MR) is 82.6 cm³/mol. The van der Waals surface area contributed by atoms with Crippen LogP contribution in [0, 0.1) is 0 Å². The number of hydrogen-bond acceptors (Lipinski definition) is 3. The van der Waals surface area contributed by atoms with Crippen LogP contribution in [0.2, 0.25) is 0 Å². The lowest BCUT2D eigenvalue weighted by atomic mass is 10.1. The topological polar surface area (TPSA) is 30.5 Å². The molecule has 0 saturated heterocycles. The minimum absolute atomic E-state index is 0.486. The minimum Gasteiger partial charge on any atom is -0.382 e. The molecule has 4 heteroatoms. The molecule has 0 fully saturated rings. The van der Waals surface area contributed by atoms with Gasteiger partial charge in [-0.2, -0.15) is 0 Å². The summed E-state index contributed by atoms with van der Waals surface area (Å²) in [6.07, 6.45) is 2.09. The first kappa shape index (κ1) is 16.6. The van der Waals surface area contributed by atoms with Gasteiger partial charge in [0, 0.05) is 24.2 Å². The fourth-order valence-corrected chi connectivity index (χ4v) is 2.08. The molecule has 1 rings (SSSR count). The Morgan fingerprint density at radius 2 is 1.89 bits per heavy atom. The van der Waals surface area contributed by atoms with Crippen molar-refractivity contribution in [1.29, 1.82) is 0 Å². The highest BCUT2D eigenvalue weighted by atomic mass is 79.9. The Morgan fingerprint density at radius 1 is 1.16 bits per heavy atom. The summed E-state index contributed by atoms with van der Waals surface area (Å²) in [6, 6.07) is 8.99. The largest absolute Gasteiger partial charge is 0.382 e. The molecule has 0 radical (unpaired) electrons. The summed E-state index contributed by atoms with van der Waals surface area (Å²) < 4.78 is 11.5. The lowest BCUT2D eigenvalue weighted by Crippen LogP contribution is -2.29. The molecule has 0 spiro atoms. The van der Waals surface area contributed by atoms with Gasteiger partial charge in [0.1, 0.15) is 0 Å². The van der Waals surface area contributed by atoms with Crippen LogP contribution in [0.5, 0.6) is 0 Å². The summed E-state index contributed by atoms with van der Waals surface area (Å²) in [5.74, 6) is 0. The highest BCUT2D eigenvalue weighted by Gasteiger charge is 2.02. The molecule has 0 heterocycles. The van der Waals surface area contributed by atoms with E-state index in [9.17, 15) is 0 Å². The van der Waals surface area contributed by atoms with Crippen molar-refractivity contribution in [3.63, 3.8) is 0 Å². The van der Waals surface area contributed by atoms with E-state index in [1.165, 1.54) is 5.56 Å². The lowest BCUT2D eigenvalue weighted by molar-refractivity contribution is 0.0693. The zero-order valence-corrected chi connectivity index (χ0v) is 13.4. The standard InChI is InChI=1S/C15H24BrNO2/c1-13(12-14-4-6-15(16)7-5-14)17-8-3-9-19-11-10-18-2/h4-7,13,17H,3,8-12H2,1-2H3. The Kier molecular flexibility index (Phi) is 9.08. The average Bonchev–Trinajstić information content (AvgIpc) is 2.40. The van der Waals surface area contributed by atoms with Gasteiger partial charge in [-0.3, -0.25) is 0 Å². The van der Waals surface area contributed by atoms with E-state index in [1.807, 2.05) is 0 Å². The molecule has 3 nitrogen and oxygen atoms in total. The number of nitrogens with one attached hydrogen (secondary N) is 1. The van der Waals surface area contributed by atoms with Crippen LogP contribution in [0.3, 0.4) is 0 Å². The van der Waals surface area contributed by atoms with Gasteiger partial charge in [0.05, 0.1) is 13.2 Å². The molecule has 19 heavy (non-hydrogen) atoms. The average molecular weight is 330 g/mol. The van der Waals surface area contributed by atoms with Crippen LogP contribution in [-0.2, 0) is 15.9 Å². The van der Waals surface area contributed by atoms with Crippen LogP contribution >= 0.6 is 15.9 Å². The number of ether oxygens (including phenoxy) is 2. The van der Waals surface area contributed by atoms with E-state index in [0.717, 1.165) is 30.5 Å². The van der Waals surface area contributed by atoms with E-state index in [2.05, 4.69) is 52.4 Å². The number of methoxy groups -OCH3 is 1. The summed E-state index contributed by atoms with van der Waals surface area (Å²) in [4.78, 5) is 0. The number of hydrogen-bond donors (Lipinski definition) is 1. The van der Waals surface area contributed by atoms with Gasteiger partial charge in [0.2, 0.25) is 0 Å². The van der Waals surface area contributed by atoms with Gasteiger partial charge in [0.25, 0.3) is 0 Å². The molecule has 108 valence electrons. The quantitative estimate of drug-likeness (QED) is 0.669. The van der Waals surface area contributed by atoms with Crippen LogP contribution in [-0.4, -0.2) is 39.5 Å². The first-order valence-corrected chi connectivity index (χ1v) is 7.56. The fourth-order valence-electron chi connectivity index (χ4n) is 1.81. The molecule has 0 amide bonds. The summed E-state index contributed by atoms with van der Waals surface area (Å²) in [5, 5.41) is 3.51. The fraction of sp³-hybridized carbons (Fsp3) is 0.600. The van der Waals surface area contributed by atoms with Gasteiger partial charge in [-0.15, -0.1) is 0 Å². The van der Waals surface area contributed by atoms with Crippen molar-refractivity contribution in [3.8, 4) is 0 Å². The van der Waals surface area contributed by atoms with Crippen molar-refractivity contribution in [3.05, 3.63) is 34.3 Å². The summed E-state index contributed by atoms with van der Waals surface area (Å²) in [7, 11) is 1.69. The maximum atomic E-state index is 5.42. The van der Waals surface area contributed by atoms with Crippen molar-refractivity contribution in [1.82, 2.24) is 5.32 Å². The molecular formula is C15H24BrNO2. The first-order chi connectivity index (χ1) is 9.22. The molecule has 0 bridgehead atoms. The highest BCUT2D eigenvalue weighted by molar-refractivity contribution is 9.10. The van der Waals surface area contributed by atoms with Crippen LogP contribution in [0.1, 0.15) is 18.9 Å². The molecular weight excluding hydrogens is 306 g/mol. The van der Waals surface area contributed by atoms with Gasteiger partial charge in [-0.25, -0.2) is 0 Å². The molecule has 0 aromatic heterocycles. The Morgan fingerprint density at radius 3 is 2.58 bits per heavy atom. The summed E-state index contributed by atoms with van der Waals surface area (Å²) >= 11 is 3.45. The van der Waals surface area contributed by atoms with Crippen LogP contribution < -0.4 is 5.32 Å². The summed E-state index contributed by atoms with van der Waals surface area (Å²) in [6.45, 7) is 5.36. The van der Waals surface area contributed by atoms with Gasteiger partial charge >= 0.3 is 0 Å². The maximum absolute atomic E-state index is 5.42. The normalized spacial score (nSPS) is 12.6. The smallest absolute Gasteiger partial charge is 0.0700 e. The second-order valence-electron chi connectivity index (χ2n) is 4.64. The molecule has 1 aromatic rings. The third-order valence-corrected chi connectivity index (χ3v) is 3.37. The van der Waals surface area contributed by atoms with Crippen molar-refractivity contribution in [2.45, 2.75) is 25.8 Å². The van der Waals surface area contributed by atoms with Crippen molar-refractivity contribution in [2.24, 2.45) is 0 Å². The third-order valence-electron chi connectivity index (χ3n) is 2.85. The molecule has 1 unspecified atom stereocenters. The first-order valence-electron chi connectivity index (χ1n) is 6.77. The minimum atomic E-state index is 0.486. The highest BCUT2D eigenvalue weighted by Crippen LogP contribution is 2.11. The van der Waals surface area contributed by atoms with Crippen molar-refractivity contribution in [2.75, 3.05) is 33.5 Å². The van der Waals surface area contributed by atoms with Gasteiger partial charge in [-0.05, 0) is 44.0 Å². The second kappa shape index (κ2) is 10.4. The third kappa shape index (κ3) is 8.37. The van der Waals surface area contributed by atoms with Gasteiger partial charge in [0.15, 0.2) is 0 Å². The van der Waals surface area contributed by atoms with Gasteiger partial charge in [-0.1, -0.05) is 28.1 Å². The van der Waals surface area contributed by atoms with E-state index in [-0.39, 0.29) is 0 Å². The molecule has 0 saturated carbocycles. The molecule has 0 aliphatic rings. The summed E-state index contributed by atoms with van der Waals surface area (Å²) in [5.41, 5.74) is 1.36. The zero-order chi connectivity index (χ0) is 13.9. The van der Waals surface area contributed by atoms with Crippen molar-refractivity contribution >= 4 is 15.9 Å². The Balaban J connectivity index is 2.04. The molecule has 0 aliphatic carbocycles. The van der Waals surface area contributed by atoms with E-state index in [4.69, 9.17) is 9.47 Å². The van der Waals surface area contributed by atoms with E-state index in [0.29, 0.717) is 19.3 Å². The molecule has 1 atom stereocenters. The molecule has 1 aromatic carbocycles. The van der Waals surface area contributed by atoms with E-state index >= 15 is 0 Å². The van der Waals surface area contributed by atoms with E-state index in [1.54, 1.807) is 7.11 Å². The van der Waals surface area contributed by atoms with Crippen LogP contribution in [0.25, 0.3) is 0 Å². The van der Waals surface area contributed by atoms with Crippen LogP contribution in [0.4, 0.5) is 0 Å². The maximum Gasteiger partial charge on any atom is 0.0700 e.